The van der Waals surface area contributed by atoms with Gasteiger partial charge >= 0.3 is 6.18 Å². The fourth-order valence-corrected chi connectivity index (χ4v) is 1.94. The first-order chi connectivity index (χ1) is 9.29. The predicted molar refractivity (Wildman–Crippen MR) is 75.4 cm³/mol. The van der Waals surface area contributed by atoms with E-state index in [1.54, 1.807) is 18.0 Å². The Labute approximate surface area is 119 Å². The lowest BCUT2D eigenvalue weighted by Crippen LogP contribution is -2.36. The van der Waals surface area contributed by atoms with Gasteiger partial charge in [0.2, 0.25) is 0 Å². The topological polar surface area (TPSA) is 44.9 Å². The summed E-state index contributed by atoms with van der Waals surface area (Å²) in [5, 5.41) is 5.93. The van der Waals surface area contributed by atoms with Crippen LogP contribution in [-0.2, 0) is 6.18 Å². The van der Waals surface area contributed by atoms with Crippen LogP contribution in [0.5, 0.6) is 0 Å². The molecule has 0 saturated heterocycles. The molecule has 0 aliphatic carbocycles. The summed E-state index contributed by atoms with van der Waals surface area (Å²) in [6.07, 6.45) is -3.79. The van der Waals surface area contributed by atoms with E-state index in [1.807, 2.05) is 0 Å². The Morgan fingerprint density at radius 2 is 2.15 bits per heavy atom. The summed E-state index contributed by atoms with van der Waals surface area (Å²) in [5.41, 5.74) is 5.19. The van der Waals surface area contributed by atoms with Gasteiger partial charge in [-0.05, 0) is 30.4 Å². The van der Waals surface area contributed by atoms with Crippen LogP contribution in [0, 0.1) is 0 Å². The molecule has 0 spiro atoms. The third-order valence-electron chi connectivity index (χ3n) is 2.97. The van der Waals surface area contributed by atoms with E-state index in [4.69, 9.17) is 18.0 Å². The molecule has 108 valence electrons. The standard InChI is InChI=1S/C12H13F3N4S/c1-18(11(16)20)10-5-6-19(17-10)9-4-2-3-8(7-9)12(13,14)15/h2-4,7H,5-6H2,1H3,(H2,16,20). The highest BCUT2D eigenvalue weighted by Crippen LogP contribution is 2.32. The summed E-state index contributed by atoms with van der Waals surface area (Å²) < 4.78 is 38.0. The molecule has 0 aromatic heterocycles. The van der Waals surface area contributed by atoms with E-state index in [9.17, 15) is 13.2 Å². The molecular formula is C12H13F3N4S. The number of rotatable bonds is 1. The van der Waals surface area contributed by atoms with Gasteiger partial charge in [-0.1, -0.05) is 6.07 Å². The van der Waals surface area contributed by atoms with Gasteiger partial charge in [0.25, 0.3) is 0 Å². The Morgan fingerprint density at radius 3 is 2.75 bits per heavy atom. The lowest BCUT2D eigenvalue weighted by Gasteiger charge is -2.16. The van der Waals surface area contributed by atoms with Crippen molar-refractivity contribution in [2.24, 2.45) is 10.8 Å². The summed E-state index contributed by atoms with van der Waals surface area (Å²) >= 11 is 4.84. The number of amidine groups is 1. The van der Waals surface area contributed by atoms with Gasteiger partial charge in [0.05, 0.1) is 11.3 Å². The maximum Gasteiger partial charge on any atom is 0.416 e. The average molecular weight is 302 g/mol. The van der Waals surface area contributed by atoms with Crippen molar-refractivity contribution in [1.82, 2.24) is 4.90 Å². The van der Waals surface area contributed by atoms with Crippen molar-refractivity contribution in [2.75, 3.05) is 18.6 Å². The van der Waals surface area contributed by atoms with Gasteiger partial charge in [-0.25, -0.2) is 0 Å². The molecule has 1 heterocycles. The van der Waals surface area contributed by atoms with Crippen molar-refractivity contribution in [2.45, 2.75) is 12.6 Å². The number of halogens is 3. The summed E-state index contributed by atoms with van der Waals surface area (Å²) in [6, 6.07) is 5.06. The Morgan fingerprint density at radius 1 is 1.45 bits per heavy atom. The SMILES string of the molecule is CN(C(N)=S)C1=NN(c2cccc(C(F)(F)F)c2)CC1. The summed E-state index contributed by atoms with van der Waals surface area (Å²) in [7, 11) is 1.68. The molecule has 0 bridgehead atoms. The van der Waals surface area contributed by atoms with Crippen molar-refractivity contribution >= 4 is 28.9 Å². The Kier molecular flexibility index (Phi) is 3.85. The highest BCUT2D eigenvalue weighted by atomic mass is 32.1. The van der Waals surface area contributed by atoms with E-state index in [1.165, 1.54) is 11.1 Å². The second kappa shape index (κ2) is 5.28. The lowest BCUT2D eigenvalue weighted by atomic mass is 10.2. The Bertz CT molecular complexity index is 556. The monoisotopic (exact) mass is 302 g/mol. The van der Waals surface area contributed by atoms with Gasteiger partial charge < -0.3 is 10.6 Å². The van der Waals surface area contributed by atoms with Crippen LogP contribution in [0.1, 0.15) is 12.0 Å². The van der Waals surface area contributed by atoms with Crippen molar-refractivity contribution in [3.8, 4) is 0 Å². The molecule has 1 aromatic rings. The minimum atomic E-state index is -4.36. The van der Waals surface area contributed by atoms with Gasteiger partial charge in [0.1, 0.15) is 5.84 Å². The second-order valence-corrected chi connectivity index (χ2v) is 4.75. The predicted octanol–water partition coefficient (Wildman–Crippen LogP) is 2.40. The molecule has 4 nitrogen and oxygen atoms in total. The van der Waals surface area contributed by atoms with Crippen LogP contribution in [0.25, 0.3) is 0 Å². The molecule has 0 atom stereocenters. The number of alkyl halides is 3. The van der Waals surface area contributed by atoms with Crippen molar-refractivity contribution in [3.63, 3.8) is 0 Å². The Hall–Kier alpha value is -1.83. The molecule has 0 saturated carbocycles. The smallest absolute Gasteiger partial charge is 0.376 e. The van der Waals surface area contributed by atoms with E-state index < -0.39 is 11.7 Å². The summed E-state index contributed by atoms with van der Waals surface area (Å²) in [5.74, 6) is 0.634. The molecule has 1 aliphatic rings. The number of nitrogens with two attached hydrogens (primary N) is 1. The quantitative estimate of drug-likeness (QED) is 0.809. The van der Waals surface area contributed by atoms with Crippen LogP contribution >= 0.6 is 12.2 Å². The van der Waals surface area contributed by atoms with Crippen LogP contribution in [0.2, 0.25) is 0 Å². The fourth-order valence-electron chi connectivity index (χ4n) is 1.84. The third kappa shape index (κ3) is 3.01. The largest absolute Gasteiger partial charge is 0.416 e. The van der Waals surface area contributed by atoms with Crippen molar-refractivity contribution in [1.29, 1.82) is 0 Å². The van der Waals surface area contributed by atoms with Crippen LogP contribution < -0.4 is 10.7 Å². The molecule has 1 aliphatic heterocycles. The van der Waals surface area contributed by atoms with E-state index in [0.717, 1.165) is 12.1 Å². The molecule has 2 N–H and O–H groups in total. The lowest BCUT2D eigenvalue weighted by molar-refractivity contribution is -0.137. The molecule has 0 amide bonds. The van der Waals surface area contributed by atoms with Gasteiger partial charge in [0.15, 0.2) is 5.11 Å². The van der Waals surface area contributed by atoms with E-state index in [0.29, 0.717) is 24.5 Å². The highest BCUT2D eigenvalue weighted by molar-refractivity contribution is 7.80. The van der Waals surface area contributed by atoms with Crippen molar-refractivity contribution in [3.05, 3.63) is 29.8 Å². The highest BCUT2D eigenvalue weighted by Gasteiger charge is 2.31. The van der Waals surface area contributed by atoms with Crippen LogP contribution in [0.4, 0.5) is 18.9 Å². The fraction of sp³-hybridized carbons (Fsp3) is 0.333. The van der Waals surface area contributed by atoms with Gasteiger partial charge in [-0.3, -0.25) is 5.01 Å². The zero-order chi connectivity index (χ0) is 14.9. The zero-order valence-corrected chi connectivity index (χ0v) is 11.5. The van der Waals surface area contributed by atoms with E-state index in [2.05, 4.69) is 5.10 Å². The second-order valence-electron chi connectivity index (χ2n) is 4.33. The maximum atomic E-state index is 12.7. The van der Waals surface area contributed by atoms with Gasteiger partial charge in [-0.2, -0.15) is 18.3 Å². The molecule has 0 radical (unpaired) electrons. The van der Waals surface area contributed by atoms with E-state index >= 15 is 0 Å². The number of hydrazone groups is 1. The molecular weight excluding hydrogens is 289 g/mol. The Balaban J connectivity index is 2.24. The van der Waals surface area contributed by atoms with Gasteiger partial charge in [0, 0.05) is 20.0 Å². The number of benzene rings is 1. The van der Waals surface area contributed by atoms with Gasteiger partial charge in [-0.15, -0.1) is 0 Å². The minimum absolute atomic E-state index is 0.176. The minimum Gasteiger partial charge on any atom is -0.376 e. The normalized spacial score (nSPS) is 15.2. The zero-order valence-electron chi connectivity index (χ0n) is 10.7. The summed E-state index contributed by atoms with van der Waals surface area (Å²) in [4.78, 5) is 1.54. The van der Waals surface area contributed by atoms with E-state index in [-0.39, 0.29) is 5.11 Å². The maximum absolute atomic E-state index is 12.7. The number of nitrogens with zero attached hydrogens (tertiary/aromatic N) is 3. The molecule has 1 aromatic carbocycles. The first-order valence-corrected chi connectivity index (χ1v) is 6.25. The first-order valence-electron chi connectivity index (χ1n) is 5.84. The van der Waals surface area contributed by atoms with Crippen molar-refractivity contribution < 1.29 is 13.2 Å². The molecule has 8 heteroatoms. The van der Waals surface area contributed by atoms with Crippen LogP contribution in [0.15, 0.2) is 29.4 Å². The molecule has 0 fully saturated rings. The molecule has 0 unspecified atom stereocenters. The third-order valence-corrected chi connectivity index (χ3v) is 3.25. The number of hydrogen-bond donors (Lipinski definition) is 1. The molecule has 20 heavy (non-hydrogen) atoms. The number of anilines is 1. The first kappa shape index (κ1) is 14.6. The molecule has 2 rings (SSSR count). The summed E-state index contributed by atoms with van der Waals surface area (Å²) in [6.45, 7) is 0.490. The average Bonchev–Trinajstić information content (AvgIpc) is 2.86. The number of hydrogen-bond acceptors (Lipinski definition) is 3. The number of thiocarbonyl (C=S) groups is 1. The van der Waals surface area contributed by atoms with Crippen LogP contribution in [0.3, 0.4) is 0 Å². The van der Waals surface area contributed by atoms with Crippen LogP contribution in [-0.4, -0.2) is 29.4 Å².